The van der Waals surface area contributed by atoms with E-state index in [9.17, 15) is 21.6 Å². The third-order valence-corrected chi connectivity index (χ3v) is 7.42. The summed E-state index contributed by atoms with van der Waals surface area (Å²) in [6.45, 7) is 1.38. The average Bonchev–Trinajstić information content (AvgIpc) is 3.35. The first kappa shape index (κ1) is 24.1. The van der Waals surface area contributed by atoms with Crippen molar-refractivity contribution in [3.8, 4) is 16.9 Å². The summed E-state index contributed by atoms with van der Waals surface area (Å²) >= 11 is 0. The summed E-state index contributed by atoms with van der Waals surface area (Å²) < 4.78 is 69.5. The van der Waals surface area contributed by atoms with Crippen LogP contribution >= 0.6 is 0 Å². The molecule has 2 aromatic carbocycles. The number of sulfone groups is 1. The Morgan fingerprint density at radius 1 is 1.06 bits per heavy atom. The lowest BCUT2D eigenvalue weighted by molar-refractivity contribution is -0.140. The van der Waals surface area contributed by atoms with E-state index in [0.717, 1.165) is 30.2 Å². The summed E-state index contributed by atoms with van der Waals surface area (Å²) in [5, 5.41) is 6.43. The molecule has 0 saturated carbocycles. The van der Waals surface area contributed by atoms with Crippen molar-refractivity contribution in [3.05, 3.63) is 66.6 Å². The van der Waals surface area contributed by atoms with Crippen molar-refractivity contribution < 1.29 is 26.3 Å². The Morgan fingerprint density at radius 2 is 1.78 bits per heavy atom. The van der Waals surface area contributed by atoms with E-state index < -0.39 is 21.7 Å². The van der Waals surface area contributed by atoms with E-state index in [1.807, 2.05) is 6.07 Å². The number of hydrogen-bond donors (Lipinski definition) is 1. The quantitative estimate of drug-likeness (QED) is 0.397. The molecule has 1 fully saturated rings. The van der Waals surface area contributed by atoms with E-state index in [1.54, 1.807) is 36.5 Å². The standard InChI is InChI=1S/C25H23F3N4O3S/c1-36(33,34)19-5-3-17(4-6-19)35-18-9-12-32(13-10-18)23-8-11-29-22-7-2-16(14-20(22)23)21-15-30-31-24(21)25(26,27)28/h2-8,11,14-15,18H,9-10,12-13H2,1H3,(H,30,31). The van der Waals surface area contributed by atoms with Gasteiger partial charge in [-0.1, -0.05) is 6.07 Å². The average molecular weight is 517 g/mol. The molecular weight excluding hydrogens is 493 g/mol. The van der Waals surface area contributed by atoms with Gasteiger partial charge in [-0.15, -0.1) is 0 Å². The molecule has 36 heavy (non-hydrogen) atoms. The normalized spacial score (nSPS) is 15.4. The van der Waals surface area contributed by atoms with Crippen LogP contribution in [0.3, 0.4) is 0 Å². The van der Waals surface area contributed by atoms with Crippen molar-refractivity contribution in [1.29, 1.82) is 0 Å². The number of nitrogens with zero attached hydrogens (tertiary/aromatic N) is 3. The molecule has 0 amide bonds. The van der Waals surface area contributed by atoms with Crippen LogP contribution in [-0.2, 0) is 16.0 Å². The van der Waals surface area contributed by atoms with E-state index >= 15 is 0 Å². The molecule has 0 spiro atoms. The van der Waals surface area contributed by atoms with Gasteiger partial charge in [0.1, 0.15) is 17.5 Å². The lowest BCUT2D eigenvalue weighted by atomic mass is 10.0. The lowest BCUT2D eigenvalue weighted by Crippen LogP contribution is -2.38. The van der Waals surface area contributed by atoms with Crippen molar-refractivity contribution in [2.75, 3.05) is 24.2 Å². The number of H-pyrrole nitrogens is 1. The summed E-state index contributed by atoms with van der Waals surface area (Å²) in [7, 11) is -3.26. The van der Waals surface area contributed by atoms with Crippen LogP contribution < -0.4 is 9.64 Å². The zero-order valence-electron chi connectivity index (χ0n) is 19.3. The van der Waals surface area contributed by atoms with Crippen LogP contribution in [0.2, 0.25) is 0 Å². The third-order valence-electron chi connectivity index (χ3n) is 6.29. The molecule has 0 unspecified atom stereocenters. The number of piperidine rings is 1. The number of rotatable bonds is 5. The second kappa shape index (κ2) is 9.12. The minimum absolute atomic E-state index is 0.00629. The number of hydrogen-bond acceptors (Lipinski definition) is 6. The molecule has 7 nitrogen and oxygen atoms in total. The molecule has 5 rings (SSSR count). The molecule has 4 aromatic rings. The molecule has 2 aromatic heterocycles. The fourth-order valence-corrected chi connectivity index (χ4v) is 5.10. The largest absolute Gasteiger partial charge is 0.490 e. The Kier molecular flexibility index (Phi) is 6.11. The Bertz CT molecular complexity index is 1490. The first-order valence-electron chi connectivity index (χ1n) is 11.3. The number of benzene rings is 2. The monoisotopic (exact) mass is 516 g/mol. The molecule has 1 aliphatic heterocycles. The maximum atomic E-state index is 13.4. The van der Waals surface area contributed by atoms with Crippen LogP contribution in [0.1, 0.15) is 18.5 Å². The number of aromatic amines is 1. The Morgan fingerprint density at radius 3 is 2.44 bits per heavy atom. The van der Waals surface area contributed by atoms with Crippen molar-refractivity contribution in [2.45, 2.75) is 30.0 Å². The predicted octanol–water partition coefficient (Wildman–Crippen LogP) is 5.10. The second-order valence-electron chi connectivity index (χ2n) is 8.77. The van der Waals surface area contributed by atoms with Gasteiger partial charge in [0.2, 0.25) is 0 Å². The highest BCUT2D eigenvalue weighted by Gasteiger charge is 2.36. The van der Waals surface area contributed by atoms with Crippen LogP contribution in [0.5, 0.6) is 5.75 Å². The van der Waals surface area contributed by atoms with Gasteiger partial charge >= 0.3 is 6.18 Å². The molecule has 0 bridgehead atoms. The van der Waals surface area contributed by atoms with Crippen molar-refractivity contribution >= 4 is 26.4 Å². The van der Waals surface area contributed by atoms with Gasteiger partial charge in [0.25, 0.3) is 0 Å². The van der Waals surface area contributed by atoms with Gasteiger partial charge in [-0.3, -0.25) is 10.1 Å². The second-order valence-corrected chi connectivity index (χ2v) is 10.8. The van der Waals surface area contributed by atoms with Crippen molar-refractivity contribution in [2.24, 2.45) is 0 Å². The Balaban J connectivity index is 1.34. The van der Waals surface area contributed by atoms with E-state index in [1.165, 1.54) is 18.3 Å². The summed E-state index contributed by atoms with van der Waals surface area (Å²) in [6.07, 6.45) is 0.942. The molecule has 11 heteroatoms. The minimum atomic E-state index is -4.54. The number of alkyl halides is 3. The molecule has 0 atom stereocenters. The zero-order chi connectivity index (χ0) is 25.5. The first-order valence-corrected chi connectivity index (χ1v) is 13.2. The minimum Gasteiger partial charge on any atom is -0.490 e. The summed E-state index contributed by atoms with van der Waals surface area (Å²) in [6, 6.07) is 13.3. The van der Waals surface area contributed by atoms with Gasteiger partial charge in [-0.05, 0) is 48.0 Å². The van der Waals surface area contributed by atoms with Gasteiger partial charge in [-0.2, -0.15) is 18.3 Å². The van der Waals surface area contributed by atoms with Gasteiger partial charge in [0, 0.05) is 55.0 Å². The highest BCUT2D eigenvalue weighted by Crippen LogP contribution is 2.38. The Hall–Kier alpha value is -3.60. The molecule has 1 saturated heterocycles. The molecular formula is C25H23F3N4O3S. The molecule has 0 aliphatic carbocycles. The summed E-state index contributed by atoms with van der Waals surface area (Å²) in [5.74, 6) is 0.612. The molecule has 1 N–H and O–H groups in total. The first-order chi connectivity index (χ1) is 17.1. The molecule has 188 valence electrons. The zero-order valence-corrected chi connectivity index (χ0v) is 20.1. The number of anilines is 1. The van der Waals surface area contributed by atoms with Gasteiger partial charge < -0.3 is 9.64 Å². The van der Waals surface area contributed by atoms with Gasteiger partial charge in [0.05, 0.1) is 16.6 Å². The summed E-state index contributed by atoms with van der Waals surface area (Å²) in [4.78, 5) is 6.81. The topological polar surface area (TPSA) is 88.2 Å². The van der Waals surface area contributed by atoms with Crippen LogP contribution in [0.15, 0.2) is 65.8 Å². The fourth-order valence-electron chi connectivity index (χ4n) is 4.47. The van der Waals surface area contributed by atoms with Gasteiger partial charge in [0.15, 0.2) is 9.84 Å². The van der Waals surface area contributed by atoms with Gasteiger partial charge in [-0.25, -0.2) is 8.42 Å². The van der Waals surface area contributed by atoms with Crippen molar-refractivity contribution in [3.63, 3.8) is 0 Å². The van der Waals surface area contributed by atoms with Crippen LogP contribution in [0.25, 0.3) is 22.0 Å². The number of nitrogens with one attached hydrogen (secondary N) is 1. The van der Waals surface area contributed by atoms with E-state index in [0.29, 0.717) is 29.9 Å². The highest BCUT2D eigenvalue weighted by atomic mass is 32.2. The van der Waals surface area contributed by atoms with E-state index in [2.05, 4.69) is 20.1 Å². The maximum absolute atomic E-state index is 13.4. The van der Waals surface area contributed by atoms with E-state index in [4.69, 9.17) is 4.74 Å². The fraction of sp³-hybridized carbons (Fsp3) is 0.280. The van der Waals surface area contributed by atoms with E-state index in [-0.39, 0.29) is 16.6 Å². The smallest absolute Gasteiger partial charge is 0.433 e. The number of pyridine rings is 1. The lowest BCUT2D eigenvalue weighted by Gasteiger charge is -2.34. The Labute approximate surface area is 205 Å². The van der Waals surface area contributed by atoms with Crippen molar-refractivity contribution in [1.82, 2.24) is 15.2 Å². The summed E-state index contributed by atoms with van der Waals surface area (Å²) in [5.41, 5.74) is 1.11. The number of ether oxygens (including phenoxy) is 1. The maximum Gasteiger partial charge on any atom is 0.433 e. The number of halogens is 3. The number of fused-ring (bicyclic) bond motifs is 1. The highest BCUT2D eigenvalue weighted by molar-refractivity contribution is 7.90. The molecule has 1 aliphatic rings. The third kappa shape index (κ3) is 4.88. The molecule has 3 heterocycles. The predicted molar refractivity (Wildman–Crippen MR) is 130 cm³/mol. The van der Waals surface area contributed by atoms with Crippen LogP contribution in [0.4, 0.5) is 18.9 Å². The van der Waals surface area contributed by atoms with Crippen LogP contribution in [0, 0.1) is 0 Å². The SMILES string of the molecule is CS(=O)(=O)c1ccc(OC2CCN(c3ccnc4ccc(-c5cn[nH]c5C(F)(F)F)cc34)CC2)cc1. The number of aromatic nitrogens is 3. The van der Waals surface area contributed by atoms with Crippen LogP contribution in [-0.4, -0.2) is 49.0 Å². The molecule has 0 radical (unpaired) electrons.